The van der Waals surface area contributed by atoms with Gasteiger partial charge in [0.15, 0.2) is 0 Å². The number of thiophene rings is 1. The maximum atomic E-state index is 9.23. The standard InChI is InChI=1S/C15H14N2OS/c18-12-6-3-11(4-7-12)5-8-15-16-10-13(17-15)14-2-1-9-19-14/h1-4,6-7,9-10,18H,5,8H2,(H,16,17). The molecule has 0 amide bonds. The van der Waals surface area contributed by atoms with Crippen LogP contribution in [-0.4, -0.2) is 15.1 Å². The van der Waals surface area contributed by atoms with Crippen molar-refractivity contribution in [2.45, 2.75) is 12.8 Å². The van der Waals surface area contributed by atoms with Gasteiger partial charge in [0.05, 0.1) is 16.8 Å². The van der Waals surface area contributed by atoms with Gasteiger partial charge in [-0.3, -0.25) is 0 Å². The molecule has 2 heterocycles. The van der Waals surface area contributed by atoms with Crippen LogP contribution in [0.5, 0.6) is 5.75 Å². The molecule has 0 radical (unpaired) electrons. The molecule has 0 bridgehead atoms. The van der Waals surface area contributed by atoms with Crippen LogP contribution in [0, 0.1) is 0 Å². The Balaban J connectivity index is 1.66. The quantitative estimate of drug-likeness (QED) is 0.760. The van der Waals surface area contributed by atoms with Crippen molar-refractivity contribution < 1.29 is 5.11 Å². The molecule has 0 atom stereocenters. The van der Waals surface area contributed by atoms with Crippen LogP contribution in [0.15, 0.2) is 48.0 Å². The summed E-state index contributed by atoms with van der Waals surface area (Å²) in [6, 6.07) is 11.4. The zero-order chi connectivity index (χ0) is 13.1. The van der Waals surface area contributed by atoms with E-state index in [1.54, 1.807) is 23.5 Å². The summed E-state index contributed by atoms with van der Waals surface area (Å²) in [6.45, 7) is 0. The summed E-state index contributed by atoms with van der Waals surface area (Å²) in [5.41, 5.74) is 2.28. The number of phenols is 1. The van der Waals surface area contributed by atoms with Gasteiger partial charge in [0.25, 0.3) is 0 Å². The second-order valence-electron chi connectivity index (χ2n) is 4.39. The highest BCUT2D eigenvalue weighted by Gasteiger charge is 2.04. The third-order valence-electron chi connectivity index (χ3n) is 3.00. The number of benzene rings is 1. The Hall–Kier alpha value is -2.07. The Labute approximate surface area is 115 Å². The monoisotopic (exact) mass is 270 g/mol. The lowest BCUT2D eigenvalue weighted by Gasteiger charge is -1.99. The van der Waals surface area contributed by atoms with Crippen molar-refractivity contribution in [2.24, 2.45) is 0 Å². The van der Waals surface area contributed by atoms with Crippen LogP contribution in [-0.2, 0) is 12.8 Å². The molecule has 96 valence electrons. The smallest absolute Gasteiger partial charge is 0.115 e. The summed E-state index contributed by atoms with van der Waals surface area (Å²) in [5.74, 6) is 1.30. The van der Waals surface area contributed by atoms with Crippen molar-refractivity contribution in [3.8, 4) is 16.3 Å². The summed E-state index contributed by atoms with van der Waals surface area (Å²) in [4.78, 5) is 8.97. The lowest BCUT2D eigenvalue weighted by Crippen LogP contribution is -1.93. The number of imidazole rings is 1. The van der Waals surface area contributed by atoms with E-state index in [1.807, 2.05) is 24.4 Å². The molecular weight excluding hydrogens is 256 g/mol. The molecule has 0 saturated heterocycles. The lowest BCUT2D eigenvalue weighted by molar-refractivity contribution is 0.475. The molecule has 19 heavy (non-hydrogen) atoms. The topological polar surface area (TPSA) is 48.9 Å². The molecule has 0 aliphatic heterocycles. The zero-order valence-electron chi connectivity index (χ0n) is 10.3. The first-order valence-corrected chi connectivity index (χ1v) is 7.05. The molecule has 4 heteroatoms. The summed E-state index contributed by atoms with van der Waals surface area (Å²) >= 11 is 1.71. The molecule has 0 fully saturated rings. The molecule has 0 unspecified atom stereocenters. The van der Waals surface area contributed by atoms with Crippen molar-refractivity contribution in [1.29, 1.82) is 0 Å². The van der Waals surface area contributed by atoms with Crippen molar-refractivity contribution in [1.82, 2.24) is 9.97 Å². The molecule has 2 N–H and O–H groups in total. The van der Waals surface area contributed by atoms with Crippen LogP contribution in [0.3, 0.4) is 0 Å². The van der Waals surface area contributed by atoms with Gasteiger partial charge in [0.2, 0.25) is 0 Å². The lowest BCUT2D eigenvalue weighted by atomic mass is 10.1. The van der Waals surface area contributed by atoms with Gasteiger partial charge in [0, 0.05) is 6.42 Å². The van der Waals surface area contributed by atoms with Crippen LogP contribution in [0.25, 0.3) is 10.6 Å². The molecule has 0 aliphatic rings. The summed E-state index contributed by atoms with van der Waals surface area (Å²) < 4.78 is 0. The summed E-state index contributed by atoms with van der Waals surface area (Å²) in [5, 5.41) is 11.3. The van der Waals surface area contributed by atoms with Gasteiger partial charge in [0.1, 0.15) is 11.6 Å². The Kier molecular flexibility index (Phi) is 3.33. The second-order valence-corrected chi connectivity index (χ2v) is 5.34. The third-order valence-corrected chi connectivity index (χ3v) is 3.91. The minimum absolute atomic E-state index is 0.307. The number of nitrogens with one attached hydrogen (secondary N) is 1. The van der Waals surface area contributed by atoms with E-state index in [1.165, 1.54) is 10.4 Å². The number of H-pyrrole nitrogens is 1. The van der Waals surface area contributed by atoms with Crippen molar-refractivity contribution in [3.63, 3.8) is 0 Å². The van der Waals surface area contributed by atoms with Gasteiger partial charge in [-0.25, -0.2) is 4.98 Å². The fourth-order valence-electron chi connectivity index (χ4n) is 1.97. The van der Waals surface area contributed by atoms with Crippen molar-refractivity contribution >= 4 is 11.3 Å². The number of nitrogens with zero attached hydrogens (tertiary/aromatic N) is 1. The fraction of sp³-hybridized carbons (Fsp3) is 0.133. The Morgan fingerprint density at radius 2 is 1.95 bits per heavy atom. The van der Waals surface area contributed by atoms with E-state index in [9.17, 15) is 5.11 Å². The predicted octanol–water partition coefficient (Wildman–Crippen LogP) is 3.63. The van der Waals surface area contributed by atoms with Crippen LogP contribution < -0.4 is 0 Å². The summed E-state index contributed by atoms with van der Waals surface area (Å²) in [6.07, 6.45) is 3.67. The molecule has 0 spiro atoms. The zero-order valence-corrected chi connectivity index (χ0v) is 11.2. The van der Waals surface area contributed by atoms with E-state index in [4.69, 9.17) is 0 Å². The minimum Gasteiger partial charge on any atom is -0.508 e. The SMILES string of the molecule is Oc1ccc(CCc2ncc(-c3cccs3)[nH]2)cc1. The first-order valence-electron chi connectivity index (χ1n) is 6.17. The van der Waals surface area contributed by atoms with Crippen molar-refractivity contribution in [3.05, 3.63) is 59.4 Å². The summed E-state index contributed by atoms with van der Waals surface area (Å²) in [7, 11) is 0. The molecule has 3 nitrogen and oxygen atoms in total. The highest BCUT2D eigenvalue weighted by atomic mass is 32.1. The number of rotatable bonds is 4. The number of phenolic OH excluding ortho intramolecular Hbond substituents is 1. The average Bonchev–Trinajstić information content (AvgIpc) is 3.09. The van der Waals surface area contributed by atoms with E-state index in [2.05, 4.69) is 21.4 Å². The molecule has 0 aliphatic carbocycles. The molecule has 3 aromatic rings. The predicted molar refractivity (Wildman–Crippen MR) is 77.4 cm³/mol. The maximum absolute atomic E-state index is 9.23. The minimum atomic E-state index is 0.307. The molecule has 2 aromatic heterocycles. The van der Waals surface area contributed by atoms with E-state index in [0.717, 1.165) is 24.4 Å². The number of hydrogen-bond acceptors (Lipinski definition) is 3. The van der Waals surface area contributed by atoms with Gasteiger partial charge >= 0.3 is 0 Å². The number of aryl methyl sites for hydroxylation is 2. The Morgan fingerprint density at radius 1 is 1.11 bits per heavy atom. The van der Waals surface area contributed by atoms with Gasteiger partial charge in [-0.05, 0) is 35.6 Å². The molecule has 3 rings (SSSR count). The van der Waals surface area contributed by atoms with Crippen LogP contribution >= 0.6 is 11.3 Å². The normalized spacial score (nSPS) is 10.7. The number of aromatic hydroxyl groups is 1. The largest absolute Gasteiger partial charge is 0.508 e. The van der Waals surface area contributed by atoms with Crippen molar-refractivity contribution in [2.75, 3.05) is 0 Å². The second kappa shape index (κ2) is 5.28. The van der Waals surface area contributed by atoms with E-state index in [-0.39, 0.29) is 0 Å². The van der Waals surface area contributed by atoms with Crippen LogP contribution in [0.4, 0.5) is 0 Å². The third kappa shape index (κ3) is 2.85. The fourth-order valence-corrected chi connectivity index (χ4v) is 2.66. The number of aromatic nitrogens is 2. The first kappa shape index (κ1) is 12.0. The molecule has 1 aromatic carbocycles. The number of aromatic amines is 1. The van der Waals surface area contributed by atoms with Gasteiger partial charge in [-0.1, -0.05) is 18.2 Å². The van der Waals surface area contributed by atoms with E-state index >= 15 is 0 Å². The Bertz CT molecular complexity index is 641. The van der Waals surface area contributed by atoms with E-state index < -0.39 is 0 Å². The first-order chi connectivity index (χ1) is 9.31. The highest BCUT2D eigenvalue weighted by molar-refractivity contribution is 7.13. The molecular formula is C15H14N2OS. The van der Waals surface area contributed by atoms with Crippen LogP contribution in [0.1, 0.15) is 11.4 Å². The van der Waals surface area contributed by atoms with Gasteiger partial charge < -0.3 is 10.1 Å². The maximum Gasteiger partial charge on any atom is 0.115 e. The Morgan fingerprint density at radius 3 is 2.68 bits per heavy atom. The van der Waals surface area contributed by atoms with Crippen LogP contribution in [0.2, 0.25) is 0 Å². The van der Waals surface area contributed by atoms with Gasteiger partial charge in [-0.15, -0.1) is 11.3 Å². The average molecular weight is 270 g/mol. The number of hydrogen-bond donors (Lipinski definition) is 2. The molecule has 0 saturated carbocycles. The highest BCUT2D eigenvalue weighted by Crippen LogP contribution is 2.22. The van der Waals surface area contributed by atoms with Gasteiger partial charge in [-0.2, -0.15) is 0 Å². The van der Waals surface area contributed by atoms with E-state index in [0.29, 0.717) is 5.75 Å².